The number of nitrogens with zero attached hydrogens (tertiary/aromatic N) is 1. The Hall–Kier alpha value is -1.11. The van der Waals surface area contributed by atoms with Gasteiger partial charge >= 0.3 is 0 Å². The second kappa shape index (κ2) is 7.44. The normalized spacial score (nSPS) is 19.5. The third-order valence-electron chi connectivity index (χ3n) is 4.23. The van der Waals surface area contributed by atoms with Crippen LogP contribution in [0.5, 0.6) is 5.75 Å². The SMILES string of the molecule is CCCOc1ccc(S(N)(=O)=O)c(CCC2CCCN2C)c1. The minimum absolute atomic E-state index is 0.219. The van der Waals surface area contributed by atoms with E-state index in [-0.39, 0.29) is 4.90 Å². The van der Waals surface area contributed by atoms with Gasteiger partial charge in [0.05, 0.1) is 11.5 Å². The number of aryl methyl sites for hydroxylation is 1. The lowest BCUT2D eigenvalue weighted by Crippen LogP contribution is -2.25. The van der Waals surface area contributed by atoms with Gasteiger partial charge in [-0.15, -0.1) is 0 Å². The number of primary sulfonamides is 1. The monoisotopic (exact) mass is 326 g/mol. The molecular formula is C16H26N2O3S. The van der Waals surface area contributed by atoms with E-state index in [4.69, 9.17) is 9.88 Å². The van der Waals surface area contributed by atoms with Gasteiger partial charge in [-0.3, -0.25) is 0 Å². The average molecular weight is 326 g/mol. The number of hydrogen-bond acceptors (Lipinski definition) is 4. The van der Waals surface area contributed by atoms with Gasteiger partial charge in [0.15, 0.2) is 0 Å². The Kier molecular flexibility index (Phi) is 5.83. The molecule has 1 aromatic rings. The van der Waals surface area contributed by atoms with Gasteiger partial charge in [-0.25, -0.2) is 13.6 Å². The Bertz CT molecular complexity index is 601. The summed E-state index contributed by atoms with van der Waals surface area (Å²) in [6.07, 6.45) is 4.94. The largest absolute Gasteiger partial charge is 0.494 e. The molecule has 1 fully saturated rings. The maximum absolute atomic E-state index is 11.8. The van der Waals surface area contributed by atoms with Crippen molar-refractivity contribution in [1.29, 1.82) is 0 Å². The molecule has 1 heterocycles. The first-order chi connectivity index (χ1) is 10.4. The Balaban J connectivity index is 2.17. The Labute approximate surface area is 133 Å². The maximum atomic E-state index is 11.8. The molecule has 1 aromatic carbocycles. The van der Waals surface area contributed by atoms with Gasteiger partial charge in [-0.1, -0.05) is 6.92 Å². The predicted octanol–water partition coefficient (Wildman–Crippen LogP) is 2.15. The van der Waals surface area contributed by atoms with Crippen molar-refractivity contribution in [1.82, 2.24) is 4.90 Å². The van der Waals surface area contributed by atoms with Gasteiger partial charge in [0, 0.05) is 6.04 Å². The summed E-state index contributed by atoms with van der Waals surface area (Å²) >= 11 is 0. The van der Waals surface area contributed by atoms with Crippen LogP contribution in [-0.2, 0) is 16.4 Å². The topological polar surface area (TPSA) is 72.6 Å². The van der Waals surface area contributed by atoms with Crippen molar-refractivity contribution in [3.05, 3.63) is 23.8 Å². The summed E-state index contributed by atoms with van der Waals surface area (Å²) in [5.74, 6) is 0.712. The highest BCUT2D eigenvalue weighted by Gasteiger charge is 2.22. The van der Waals surface area contributed by atoms with Crippen LogP contribution in [0.25, 0.3) is 0 Å². The molecule has 1 saturated heterocycles. The van der Waals surface area contributed by atoms with Crippen molar-refractivity contribution in [3.63, 3.8) is 0 Å². The number of sulfonamides is 1. The fourth-order valence-corrected chi connectivity index (χ4v) is 3.79. The van der Waals surface area contributed by atoms with E-state index in [1.807, 2.05) is 13.0 Å². The van der Waals surface area contributed by atoms with Crippen LogP contribution in [0.2, 0.25) is 0 Å². The van der Waals surface area contributed by atoms with E-state index < -0.39 is 10.0 Å². The molecule has 2 rings (SSSR count). The predicted molar refractivity (Wildman–Crippen MR) is 87.6 cm³/mol. The highest BCUT2D eigenvalue weighted by atomic mass is 32.2. The van der Waals surface area contributed by atoms with E-state index in [9.17, 15) is 8.42 Å². The van der Waals surface area contributed by atoms with Crippen molar-refractivity contribution >= 4 is 10.0 Å². The second-order valence-electron chi connectivity index (χ2n) is 5.98. The molecule has 1 aliphatic rings. The summed E-state index contributed by atoms with van der Waals surface area (Å²) in [5.41, 5.74) is 0.761. The summed E-state index contributed by atoms with van der Waals surface area (Å²) in [5, 5.41) is 5.34. The van der Waals surface area contributed by atoms with Gasteiger partial charge in [-0.05, 0) is 69.5 Å². The molecule has 124 valence electrons. The molecule has 1 atom stereocenters. The Morgan fingerprint density at radius 2 is 2.18 bits per heavy atom. The number of hydrogen-bond donors (Lipinski definition) is 1. The second-order valence-corrected chi connectivity index (χ2v) is 7.51. The third kappa shape index (κ3) is 4.44. The fraction of sp³-hybridized carbons (Fsp3) is 0.625. The van der Waals surface area contributed by atoms with Crippen molar-refractivity contribution in [2.45, 2.75) is 50.0 Å². The van der Waals surface area contributed by atoms with Gasteiger partial charge in [-0.2, -0.15) is 0 Å². The van der Waals surface area contributed by atoms with Crippen molar-refractivity contribution in [2.24, 2.45) is 5.14 Å². The lowest BCUT2D eigenvalue weighted by Gasteiger charge is -2.20. The van der Waals surface area contributed by atoms with Crippen LogP contribution in [0.4, 0.5) is 0 Å². The van der Waals surface area contributed by atoms with E-state index in [1.165, 1.54) is 12.8 Å². The van der Waals surface area contributed by atoms with Crippen molar-refractivity contribution in [2.75, 3.05) is 20.2 Å². The van der Waals surface area contributed by atoms with E-state index >= 15 is 0 Å². The van der Waals surface area contributed by atoms with Gasteiger partial charge in [0.2, 0.25) is 10.0 Å². The van der Waals surface area contributed by atoms with E-state index in [1.54, 1.807) is 12.1 Å². The molecule has 5 nitrogen and oxygen atoms in total. The number of nitrogens with two attached hydrogens (primary N) is 1. The number of benzene rings is 1. The summed E-state index contributed by atoms with van der Waals surface area (Å²) in [6, 6.07) is 5.59. The standard InChI is InChI=1S/C16H26N2O3S/c1-3-11-21-15-8-9-16(22(17,19)20)13(12-15)6-7-14-5-4-10-18(14)2/h8-9,12,14H,3-7,10-11H2,1-2H3,(H2,17,19,20). The minimum Gasteiger partial charge on any atom is -0.494 e. The van der Waals surface area contributed by atoms with Crippen LogP contribution < -0.4 is 9.88 Å². The molecule has 6 heteroatoms. The van der Waals surface area contributed by atoms with Gasteiger partial charge in [0.1, 0.15) is 5.75 Å². The average Bonchev–Trinajstić information content (AvgIpc) is 2.87. The molecule has 0 amide bonds. The maximum Gasteiger partial charge on any atom is 0.238 e. The minimum atomic E-state index is -3.70. The molecular weight excluding hydrogens is 300 g/mol. The highest BCUT2D eigenvalue weighted by molar-refractivity contribution is 7.89. The van der Waals surface area contributed by atoms with Crippen LogP contribution in [0, 0.1) is 0 Å². The molecule has 0 aliphatic carbocycles. The number of ether oxygens (including phenoxy) is 1. The zero-order valence-electron chi connectivity index (χ0n) is 13.4. The molecule has 0 aromatic heterocycles. The first-order valence-electron chi connectivity index (χ1n) is 7.90. The van der Waals surface area contributed by atoms with Crippen LogP contribution in [0.15, 0.2) is 23.1 Å². The zero-order chi connectivity index (χ0) is 16.2. The zero-order valence-corrected chi connectivity index (χ0v) is 14.2. The first-order valence-corrected chi connectivity index (χ1v) is 9.45. The summed E-state index contributed by atoms with van der Waals surface area (Å²) in [7, 11) is -1.58. The number of likely N-dealkylation sites (tertiary alicyclic amines) is 1. The lowest BCUT2D eigenvalue weighted by atomic mass is 10.0. The van der Waals surface area contributed by atoms with Crippen LogP contribution in [0.1, 0.15) is 38.2 Å². The van der Waals surface area contributed by atoms with Crippen LogP contribution >= 0.6 is 0 Å². The molecule has 0 radical (unpaired) electrons. The third-order valence-corrected chi connectivity index (χ3v) is 5.24. The van der Waals surface area contributed by atoms with Crippen LogP contribution in [0.3, 0.4) is 0 Å². The first kappa shape index (κ1) is 17.2. The molecule has 0 spiro atoms. The van der Waals surface area contributed by atoms with Gasteiger partial charge in [0.25, 0.3) is 0 Å². The van der Waals surface area contributed by atoms with Crippen LogP contribution in [-0.4, -0.2) is 39.6 Å². The Morgan fingerprint density at radius 1 is 1.41 bits per heavy atom. The molecule has 22 heavy (non-hydrogen) atoms. The summed E-state index contributed by atoms with van der Waals surface area (Å²) < 4.78 is 29.1. The van der Waals surface area contributed by atoms with E-state index in [0.29, 0.717) is 24.8 Å². The molecule has 0 saturated carbocycles. The van der Waals surface area contributed by atoms with E-state index in [0.717, 1.165) is 24.9 Å². The highest BCUT2D eigenvalue weighted by Crippen LogP contribution is 2.25. The lowest BCUT2D eigenvalue weighted by molar-refractivity contribution is 0.295. The smallest absolute Gasteiger partial charge is 0.238 e. The molecule has 1 aliphatic heterocycles. The van der Waals surface area contributed by atoms with Gasteiger partial charge < -0.3 is 9.64 Å². The molecule has 2 N–H and O–H groups in total. The summed E-state index contributed by atoms with van der Waals surface area (Å²) in [4.78, 5) is 2.56. The quantitative estimate of drug-likeness (QED) is 0.833. The molecule has 1 unspecified atom stereocenters. The molecule has 0 bridgehead atoms. The Morgan fingerprint density at radius 3 is 2.77 bits per heavy atom. The van der Waals surface area contributed by atoms with Crippen molar-refractivity contribution in [3.8, 4) is 5.75 Å². The number of rotatable bonds is 7. The summed E-state index contributed by atoms with van der Waals surface area (Å²) in [6.45, 7) is 3.78. The van der Waals surface area contributed by atoms with E-state index in [2.05, 4.69) is 11.9 Å². The fourth-order valence-electron chi connectivity index (χ4n) is 3.00. The van der Waals surface area contributed by atoms with Crippen molar-refractivity contribution < 1.29 is 13.2 Å².